The van der Waals surface area contributed by atoms with E-state index in [-0.39, 0.29) is 22.9 Å². The maximum absolute atomic E-state index is 12.3. The Morgan fingerprint density at radius 2 is 2.04 bits per heavy atom. The van der Waals surface area contributed by atoms with E-state index in [2.05, 4.69) is 32.1 Å². The van der Waals surface area contributed by atoms with Crippen molar-refractivity contribution in [1.82, 2.24) is 0 Å². The number of fused-ring (bicyclic) bond motifs is 4. The summed E-state index contributed by atoms with van der Waals surface area (Å²) in [6, 6.07) is 0. The van der Waals surface area contributed by atoms with Crippen molar-refractivity contribution in [2.24, 2.45) is 22.7 Å². The van der Waals surface area contributed by atoms with Crippen LogP contribution < -0.4 is 0 Å². The number of esters is 1. The number of allylic oxidation sites excluding steroid dienone is 5. The molecule has 3 unspecified atom stereocenters. The van der Waals surface area contributed by atoms with Crippen LogP contribution in [0, 0.1) is 22.7 Å². The highest BCUT2D eigenvalue weighted by Gasteiger charge is 2.52. The lowest BCUT2D eigenvalue weighted by Gasteiger charge is -2.51. The molecule has 0 saturated heterocycles. The minimum atomic E-state index is -0.208. The van der Waals surface area contributed by atoms with E-state index in [0.717, 1.165) is 32.1 Å². The summed E-state index contributed by atoms with van der Waals surface area (Å²) in [4.78, 5) is 23.6. The predicted octanol–water partition coefficient (Wildman–Crippen LogP) is 4.15. The number of ether oxygens (including phenoxy) is 1. The molecule has 0 amide bonds. The summed E-state index contributed by atoms with van der Waals surface area (Å²) < 4.78 is 5.42. The summed E-state index contributed by atoms with van der Waals surface area (Å²) in [6.45, 7) is 5.97. The largest absolute Gasteiger partial charge is 0.458 e. The second-order valence-corrected chi connectivity index (χ2v) is 8.38. The molecule has 0 radical (unpaired) electrons. The lowest BCUT2D eigenvalue weighted by Crippen LogP contribution is -2.44. The topological polar surface area (TPSA) is 43.4 Å². The highest BCUT2D eigenvalue weighted by atomic mass is 16.5. The summed E-state index contributed by atoms with van der Waals surface area (Å²) in [5.74, 6) is 0.926. The Morgan fingerprint density at radius 1 is 1.25 bits per heavy atom. The fraction of sp³-hybridized carbons (Fsp3) is 0.619. The molecule has 0 fully saturated rings. The number of hydrogen-bond acceptors (Lipinski definition) is 3. The van der Waals surface area contributed by atoms with E-state index in [9.17, 15) is 9.59 Å². The SMILES string of the molecule is CC(=O)OC1C=C[C@]2(C)C3=C(CCC2C1)C1C=CC(=O)[C@@]1(C)CC3. The molecule has 0 heterocycles. The highest BCUT2D eigenvalue weighted by molar-refractivity contribution is 5.98. The van der Waals surface area contributed by atoms with Crippen LogP contribution in [0.3, 0.4) is 0 Å². The molecule has 4 aliphatic rings. The number of rotatable bonds is 1. The van der Waals surface area contributed by atoms with Gasteiger partial charge in [-0.05, 0) is 50.2 Å². The van der Waals surface area contributed by atoms with Crippen molar-refractivity contribution < 1.29 is 14.3 Å². The van der Waals surface area contributed by atoms with E-state index in [1.807, 2.05) is 6.08 Å². The van der Waals surface area contributed by atoms with E-state index in [1.165, 1.54) is 12.5 Å². The second kappa shape index (κ2) is 5.18. The molecule has 5 atom stereocenters. The van der Waals surface area contributed by atoms with Crippen LogP contribution in [0.25, 0.3) is 0 Å². The van der Waals surface area contributed by atoms with E-state index in [4.69, 9.17) is 4.74 Å². The third-order valence-corrected chi connectivity index (χ3v) is 7.10. The summed E-state index contributed by atoms with van der Waals surface area (Å²) >= 11 is 0. The van der Waals surface area contributed by atoms with Crippen LogP contribution in [0.2, 0.25) is 0 Å². The zero-order valence-electron chi connectivity index (χ0n) is 14.8. The van der Waals surface area contributed by atoms with Crippen molar-refractivity contribution in [3.05, 3.63) is 35.5 Å². The fourth-order valence-corrected chi connectivity index (χ4v) is 5.62. The van der Waals surface area contributed by atoms with Gasteiger partial charge in [0.25, 0.3) is 0 Å². The average Bonchev–Trinajstić information content (AvgIpc) is 2.83. The summed E-state index contributed by atoms with van der Waals surface area (Å²) in [5, 5.41) is 0. The first-order valence-electron chi connectivity index (χ1n) is 9.16. The molecular formula is C21H26O3. The van der Waals surface area contributed by atoms with Crippen LogP contribution in [0.4, 0.5) is 0 Å². The third kappa shape index (κ3) is 2.09. The van der Waals surface area contributed by atoms with Crippen LogP contribution in [0.5, 0.6) is 0 Å². The van der Waals surface area contributed by atoms with Crippen molar-refractivity contribution in [1.29, 1.82) is 0 Å². The van der Waals surface area contributed by atoms with Gasteiger partial charge in [-0.2, -0.15) is 0 Å². The van der Waals surface area contributed by atoms with E-state index in [0.29, 0.717) is 17.6 Å². The Labute approximate surface area is 143 Å². The Hall–Kier alpha value is -1.64. The van der Waals surface area contributed by atoms with Crippen molar-refractivity contribution >= 4 is 11.8 Å². The van der Waals surface area contributed by atoms with Gasteiger partial charge in [-0.1, -0.05) is 37.1 Å². The molecule has 0 bridgehead atoms. The summed E-state index contributed by atoms with van der Waals surface area (Å²) in [5.41, 5.74) is 2.92. The quantitative estimate of drug-likeness (QED) is 0.537. The van der Waals surface area contributed by atoms with E-state index < -0.39 is 0 Å². The molecule has 0 aromatic rings. The monoisotopic (exact) mass is 326 g/mol. The highest BCUT2D eigenvalue weighted by Crippen LogP contribution is 2.60. The first kappa shape index (κ1) is 15.9. The lowest BCUT2D eigenvalue weighted by molar-refractivity contribution is -0.145. The first-order valence-corrected chi connectivity index (χ1v) is 9.16. The summed E-state index contributed by atoms with van der Waals surface area (Å²) in [6.07, 6.45) is 13.3. The van der Waals surface area contributed by atoms with Gasteiger partial charge in [-0.15, -0.1) is 0 Å². The zero-order valence-corrected chi connectivity index (χ0v) is 14.8. The van der Waals surface area contributed by atoms with Gasteiger partial charge in [-0.25, -0.2) is 0 Å². The van der Waals surface area contributed by atoms with Gasteiger partial charge in [0.1, 0.15) is 6.10 Å². The van der Waals surface area contributed by atoms with Crippen LogP contribution in [-0.4, -0.2) is 17.9 Å². The Bertz CT molecular complexity index is 698. The average molecular weight is 326 g/mol. The molecule has 0 aromatic heterocycles. The lowest BCUT2D eigenvalue weighted by atomic mass is 9.53. The molecule has 0 spiro atoms. The van der Waals surface area contributed by atoms with Gasteiger partial charge in [-0.3, -0.25) is 9.59 Å². The predicted molar refractivity (Wildman–Crippen MR) is 92.1 cm³/mol. The Balaban J connectivity index is 1.70. The molecule has 0 saturated carbocycles. The summed E-state index contributed by atoms with van der Waals surface area (Å²) in [7, 11) is 0. The molecule has 3 heteroatoms. The Morgan fingerprint density at radius 3 is 2.79 bits per heavy atom. The molecule has 24 heavy (non-hydrogen) atoms. The number of carbonyl (C=O) groups excluding carboxylic acids is 2. The fourth-order valence-electron chi connectivity index (χ4n) is 5.62. The van der Waals surface area contributed by atoms with Gasteiger partial charge in [0, 0.05) is 23.7 Å². The van der Waals surface area contributed by atoms with Crippen molar-refractivity contribution in [2.45, 2.75) is 59.0 Å². The molecule has 4 aliphatic carbocycles. The standard InChI is InChI=1S/C21H26O3/c1-13(22)24-15-8-10-20(2)14(12-15)4-5-16-17-6-7-19(23)21(17,3)11-9-18(16)20/h6-8,10,14-15,17H,4-5,9,11-12H2,1-3H3/t14?,15?,17?,20-,21-/m0/s1. The van der Waals surface area contributed by atoms with Gasteiger partial charge in [0.2, 0.25) is 0 Å². The molecule has 4 rings (SSSR count). The second-order valence-electron chi connectivity index (χ2n) is 8.38. The van der Waals surface area contributed by atoms with Crippen LogP contribution in [-0.2, 0) is 14.3 Å². The van der Waals surface area contributed by atoms with Crippen molar-refractivity contribution in [2.75, 3.05) is 0 Å². The molecule has 0 aromatic carbocycles. The van der Waals surface area contributed by atoms with Gasteiger partial charge in [0.05, 0.1) is 0 Å². The van der Waals surface area contributed by atoms with Gasteiger partial charge in [0.15, 0.2) is 5.78 Å². The van der Waals surface area contributed by atoms with Gasteiger partial charge < -0.3 is 4.74 Å². The van der Waals surface area contributed by atoms with Crippen LogP contribution in [0.1, 0.15) is 52.9 Å². The van der Waals surface area contributed by atoms with Crippen molar-refractivity contribution in [3.63, 3.8) is 0 Å². The third-order valence-electron chi connectivity index (χ3n) is 7.10. The van der Waals surface area contributed by atoms with Gasteiger partial charge >= 0.3 is 5.97 Å². The normalized spacial score (nSPS) is 43.3. The van der Waals surface area contributed by atoms with Crippen molar-refractivity contribution in [3.8, 4) is 0 Å². The minimum absolute atomic E-state index is 0.0606. The van der Waals surface area contributed by atoms with Crippen LogP contribution in [0.15, 0.2) is 35.5 Å². The van der Waals surface area contributed by atoms with E-state index >= 15 is 0 Å². The van der Waals surface area contributed by atoms with E-state index in [1.54, 1.807) is 5.57 Å². The Kier molecular flexibility index (Phi) is 3.42. The zero-order chi connectivity index (χ0) is 17.1. The van der Waals surface area contributed by atoms with Crippen LogP contribution >= 0.6 is 0 Å². The number of hydrogen-bond donors (Lipinski definition) is 0. The maximum atomic E-state index is 12.3. The molecule has 128 valence electrons. The molecule has 0 aliphatic heterocycles. The number of carbonyl (C=O) groups is 2. The first-order chi connectivity index (χ1) is 11.3. The smallest absolute Gasteiger partial charge is 0.303 e. The minimum Gasteiger partial charge on any atom is -0.458 e. The molecule has 0 N–H and O–H groups in total. The molecular weight excluding hydrogens is 300 g/mol. The molecule has 3 nitrogen and oxygen atoms in total. The number of ketones is 1. The maximum Gasteiger partial charge on any atom is 0.303 e.